The van der Waals surface area contributed by atoms with Crippen LogP contribution in [0.3, 0.4) is 0 Å². The molecule has 0 saturated carbocycles. The van der Waals surface area contributed by atoms with Crippen molar-refractivity contribution in [3.63, 3.8) is 0 Å². The number of halogens is 2. The lowest BCUT2D eigenvalue weighted by molar-refractivity contribution is 0.350. The third-order valence-corrected chi connectivity index (χ3v) is 6.62. The van der Waals surface area contributed by atoms with E-state index in [0.29, 0.717) is 16.0 Å². The smallest absolute Gasteiger partial charge is 0.0595 e. The number of benzene rings is 2. The molecule has 0 amide bonds. The summed E-state index contributed by atoms with van der Waals surface area (Å²) in [6.45, 7) is 7.65. The number of rotatable bonds is 3. The van der Waals surface area contributed by atoms with Gasteiger partial charge >= 0.3 is 0 Å². The fourth-order valence-electron chi connectivity index (χ4n) is 4.27. The number of aryl methyl sites for hydroxylation is 1. The van der Waals surface area contributed by atoms with Crippen molar-refractivity contribution in [2.24, 2.45) is 0 Å². The maximum atomic E-state index is 6.26. The monoisotopic (exact) mass is 400 g/mol. The molecule has 1 aliphatic rings. The van der Waals surface area contributed by atoms with Crippen molar-refractivity contribution < 1.29 is 0 Å². The number of hydrogen-bond donors (Lipinski definition) is 0. The Morgan fingerprint density at radius 2 is 1.78 bits per heavy atom. The van der Waals surface area contributed by atoms with Crippen LogP contribution in [0.1, 0.15) is 35.2 Å². The van der Waals surface area contributed by atoms with Crippen LogP contribution in [-0.4, -0.2) is 29.6 Å². The molecule has 0 N–H and O–H groups in total. The van der Waals surface area contributed by atoms with E-state index in [-0.39, 0.29) is 0 Å². The second-order valence-corrected chi connectivity index (χ2v) is 8.75. The standard InChI is InChI=1S/C23H26Cl2N2/c1-15-4-7-22-19(12-15)18-8-10-26(3)11-9-23(18)27(22)14-16(2)17-5-6-20(24)21(25)13-17/h4-7,12-13,16H,8-11,14H2,1-3H3. The number of fused-ring (bicyclic) bond motifs is 3. The van der Waals surface area contributed by atoms with Gasteiger partial charge < -0.3 is 9.47 Å². The lowest BCUT2D eigenvalue weighted by Gasteiger charge is -2.18. The maximum absolute atomic E-state index is 6.26. The van der Waals surface area contributed by atoms with Crippen molar-refractivity contribution in [1.29, 1.82) is 0 Å². The summed E-state index contributed by atoms with van der Waals surface area (Å²) in [5.74, 6) is 0.363. The Hall–Kier alpha value is -1.48. The molecule has 2 heterocycles. The van der Waals surface area contributed by atoms with Gasteiger partial charge in [0, 0.05) is 42.7 Å². The lowest BCUT2D eigenvalue weighted by atomic mass is 10.0. The van der Waals surface area contributed by atoms with E-state index < -0.39 is 0 Å². The summed E-state index contributed by atoms with van der Waals surface area (Å²) >= 11 is 12.4. The topological polar surface area (TPSA) is 8.17 Å². The summed E-state index contributed by atoms with van der Waals surface area (Å²) in [6, 6.07) is 12.9. The third kappa shape index (κ3) is 3.63. The molecule has 3 aromatic rings. The Morgan fingerprint density at radius 1 is 1.00 bits per heavy atom. The normalized spacial score (nSPS) is 16.3. The SMILES string of the molecule is Cc1ccc2c(c1)c1c(n2CC(C)c2ccc(Cl)c(Cl)c2)CCN(C)CC1. The number of aromatic nitrogens is 1. The van der Waals surface area contributed by atoms with Gasteiger partial charge in [0.25, 0.3) is 0 Å². The Labute approximate surface area is 171 Å². The molecular formula is C23H26Cl2N2. The van der Waals surface area contributed by atoms with E-state index in [9.17, 15) is 0 Å². The van der Waals surface area contributed by atoms with Gasteiger partial charge in [-0.1, -0.05) is 47.8 Å². The molecule has 1 atom stereocenters. The first-order valence-electron chi connectivity index (χ1n) is 9.68. The van der Waals surface area contributed by atoms with E-state index in [1.54, 1.807) is 5.56 Å². The molecule has 4 heteroatoms. The predicted molar refractivity (Wildman–Crippen MR) is 116 cm³/mol. The minimum atomic E-state index is 0.363. The molecule has 1 aliphatic heterocycles. The van der Waals surface area contributed by atoms with Gasteiger partial charge in [0.05, 0.1) is 10.0 Å². The molecule has 1 unspecified atom stereocenters. The summed E-state index contributed by atoms with van der Waals surface area (Å²) in [7, 11) is 2.22. The van der Waals surface area contributed by atoms with Gasteiger partial charge in [-0.2, -0.15) is 0 Å². The first kappa shape index (κ1) is 18.9. The molecule has 27 heavy (non-hydrogen) atoms. The molecule has 1 aromatic heterocycles. The molecule has 2 nitrogen and oxygen atoms in total. The lowest BCUT2D eigenvalue weighted by Crippen LogP contribution is -2.21. The minimum Gasteiger partial charge on any atom is -0.344 e. The number of nitrogens with zero attached hydrogens (tertiary/aromatic N) is 2. The molecule has 0 aliphatic carbocycles. The first-order valence-corrected chi connectivity index (χ1v) is 10.4. The quantitative estimate of drug-likeness (QED) is 0.516. The maximum Gasteiger partial charge on any atom is 0.0595 e. The molecule has 0 fully saturated rings. The van der Waals surface area contributed by atoms with Crippen molar-refractivity contribution in [3.8, 4) is 0 Å². The van der Waals surface area contributed by atoms with E-state index in [0.717, 1.165) is 32.5 Å². The van der Waals surface area contributed by atoms with Crippen LogP contribution in [-0.2, 0) is 19.4 Å². The fourth-order valence-corrected chi connectivity index (χ4v) is 4.58. The molecule has 0 saturated heterocycles. The second-order valence-electron chi connectivity index (χ2n) is 7.93. The Bertz CT molecular complexity index is 990. The van der Waals surface area contributed by atoms with Crippen LogP contribution in [0.25, 0.3) is 10.9 Å². The summed E-state index contributed by atoms with van der Waals surface area (Å²) in [4.78, 5) is 2.44. The van der Waals surface area contributed by atoms with Crippen molar-refractivity contribution in [1.82, 2.24) is 9.47 Å². The van der Waals surface area contributed by atoms with Crippen LogP contribution in [0.15, 0.2) is 36.4 Å². The zero-order chi connectivity index (χ0) is 19.1. The van der Waals surface area contributed by atoms with Crippen LogP contribution >= 0.6 is 23.2 Å². The zero-order valence-corrected chi connectivity index (χ0v) is 17.7. The molecule has 2 aromatic carbocycles. The second kappa shape index (κ2) is 7.50. The Morgan fingerprint density at radius 3 is 2.56 bits per heavy atom. The van der Waals surface area contributed by atoms with Crippen LogP contribution in [0.2, 0.25) is 10.0 Å². The average molecular weight is 401 g/mol. The zero-order valence-electron chi connectivity index (χ0n) is 16.2. The van der Waals surface area contributed by atoms with Crippen molar-refractivity contribution >= 4 is 34.1 Å². The van der Waals surface area contributed by atoms with Gasteiger partial charge in [-0.3, -0.25) is 0 Å². The highest BCUT2D eigenvalue weighted by molar-refractivity contribution is 6.42. The predicted octanol–water partition coefficient (Wildman–Crippen LogP) is 6.09. The highest BCUT2D eigenvalue weighted by Crippen LogP contribution is 2.33. The van der Waals surface area contributed by atoms with Crippen molar-refractivity contribution in [2.45, 2.75) is 39.2 Å². The molecule has 0 spiro atoms. The van der Waals surface area contributed by atoms with Gasteiger partial charge in [-0.15, -0.1) is 0 Å². The molecule has 4 rings (SSSR count). The number of likely N-dealkylation sites (N-methyl/N-ethyl adjacent to an activating group) is 1. The summed E-state index contributed by atoms with van der Waals surface area (Å²) in [5.41, 5.74) is 6.98. The van der Waals surface area contributed by atoms with Gasteiger partial charge in [-0.25, -0.2) is 0 Å². The van der Waals surface area contributed by atoms with E-state index in [1.807, 2.05) is 12.1 Å². The molecule has 142 valence electrons. The van der Waals surface area contributed by atoms with Gasteiger partial charge in [0.2, 0.25) is 0 Å². The van der Waals surface area contributed by atoms with Crippen molar-refractivity contribution in [3.05, 3.63) is 68.8 Å². The third-order valence-electron chi connectivity index (χ3n) is 5.89. The van der Waals surface area contributed by atoms with E-state index in [2.05, 4.69) is 54.6 Å². The minimum absolute atomic E-state index is 0.363. The van der Waals surface area contributed by atoms with Crippen LogP contribution < -0.4 is 0 Å². The molecule has 0 radical (unpaired) electrons. The first-order chi connectivity index (χ1) is 12.9. The van der Waals surface area contributed by atoms with Crippen LogP contribution in [0.5, 0.6) is 0 Å². The average Bonchev–Trinajstić information content (AvgIpc) is 2.78. The summed E-state index contributed by atoms with van der Waals surface area (Å²) < 4.78 is 2.55. The largest absolute Gasteiger partial charge is 0.344 e. The van der Waals surface area contributed by atoms with Crippen LogP contribution in [0, 0.1) is 6.92 Å². The molecular weight excluding hydrogens is 375 g/mol. The van der Waals surface area contributed by atoms with Gasteiger partial charge in [0.1, 0.15) is 0 Å². The Kier molecular flexibility index (Phi) is 5.24. The van der Waals surface area contributed by atoms with Gasteiger partial charge in [0.15, 0.2) is 0 Å². The molecule has 0 bridgehead atoms. The summed E-state index contributed by atoms with van der Waals surface area (Å²) in [6.07, 6.45) is 2.23. The summed E-state index contributed by atoms with van der Waals surface area (Å²) in [5, 5.41) is 2.68. The Balaban J connectivity index is 1.77. The van der Waals surface area contributed by atoms with E-state index in [4.69, 9.17) is 23.2 Å². The number of hydrogen-bond acceptors (Lipinski definition) is 1. The van der Waals surface area contributed by atoms with E-state index in [1.165, 1.54) is 27.7 Å². The van der Waals surface area contributed by atoms with Gasteiger partial charge in [-0.05, 0) is 61.7 Å². The van der Waals surface area contributed by atoms with Crippen molar-refractivity contribution in [2.75, 3.05) is 20.1 Å². The fraction of sp³-hybridized carbons (Fsp3) is 0.391. The highest BCUT2D eigenvalue weighted by Gasteiger charge is 2.22. The van der Waals surface area contributed by atoms with Crippen LogP contribution in [0.4, 0.5) is 0 Å². The van der Waals surface area contributed by atoms with E-state index >= 15 is 0 Å². The highest BCUT2D eigenvalue weighted by atomic mass is 35.5.